The summed E-state index contributed by atoms with van der Waals surface area (Å²) in [6.07, 6.45) is -0.0161. The smallest absolute Gasteiger partial charge is 0.200 e. The highest BCUT2D eigenvalue weighted by Crippen LogP contribution is 2.33. The third-order valence-corrected chi connectivity index (χ3v) is 5.83. The van der Waals surface area contributed by atoms with Gasteiger partial charge in [-0.2, -0.15) is 5.10 Å². The lowest BCUT2D eigenvalue weighted by Crippen LogP contribution is -2.07. The number of hydrogen-bond donors (Lipinski definition) is 1. The van der Waals surface area contributed by atoms with E-state index in [2.05, 4.69) is 15.2 Å². The lowest BCUT2D eigenvalue weighted by Gasteiger charge is -2.08. The molecule has 0 aliphatic heterocycles. The predicted octanol–water partition coefficient (Wildman–Crippen LogP) is 4.69. The highest BCUT2D eigenvalue weighted by molar-refractivity contribution is 7.17. The largest absolute Gasteiger partial charge is 0.493 e. The Morgan fingerprint density at radius 2 is 1.84 bits per heavy atom. The van der Waals surface area contributed by atoms with E-state index in [9.17, 15) is 14.0 Å². The van der Waals surface area contributed by atoms with Crippen molar-refractivity contribution in [1.29, 1.82) is 0 Å². The molecule has 0 unspecified atom stereocenters. The van der Waals surface area contributed by atoms with Crippen molar-refractivity contribution in [1.82, 2.24) is 15.2 Å². The summed E-state index contributed by atoms with van der Waals surface area (Å²) in [5, 5.41) is 9.16. The van der Waals surface area contributed by atoms with Crippen molar-refractivity contribution < 1.29 is 23.5 Å². The van der Waals surface area contributed by atoms with Gasteiger partial charge in [-0.15, -0.1) is 11.3 Å². The third kappa shape index (κ3) is 4.04. The molecule has 0 saturated heterocycles. The fraction of sp³-hybridized carbons (Fsp3) is 0.182. The molecule has 9 heteroatoms. The van der Waals surface area contributed by atoms with E-state index in [1.807, 2.05) is 0 Å². The van der Waals surface area contributed by atoms with Crippen molar-refractivity contribution in [3.05, 3.63) is 59.0 Å². The molecule has 2 heterocycles. The van der Waals surface area contributed by atoms with Gasteiger partial charge in [-0.1, -0.05) is 12.1 Å². The lowest BCUT2D eigenvalue weighted by molar-refractivity contribution is 0.0912. The molecule has 31 heavy (non-hydrogen) atoms. The summed E-state index contributed by atoms with van der Waals surface area (Å²) >= 11 is 1.25. The summed E-state index contributed by atoms with van der Waals surface area (Å²) in [6, 6.07) is 9.65. The number of nitrogens with one attached hydrogen (secondary N) is 1. The van der Waals surface area contributed by atoms with Crippen LogP contribution in [0, 0.1) is 5.82 Å². The number of methoxy groups -OCH3 is 2. The van der Waals surface area contributed by atoms with Gasteiger partial charge in [-0.05, 0) is 24.3 Å². The topological polar surface area (TPSA) is 94.2 Å². The summed E-state index contributed by atoms with van der Waals surface area (Å²) in [4.78, 5) is 29.3. The van der Waals surface area contributed by atoms with E-state index < -0.39 is 0 Å². The molecular formula is C22H18FN3O4S. The SMILES string of the molecule is COc1ccc(C(=O)CCC(=O)c2nc(-c3csc4c(F)cccc34)n[nH]2)cc1OC. The second kappa shape index (κ2) is 8.65. The Morgan fingerprint density at radius 1 is 1.06 bits per heavy atom. The van der Waals surface area contributed by atoms with E-state index in [0.29, 0.717) is 38.5 Å². The molecule has 7 nitrogen and oxygen atoms in total. The number of ether oxygens (including phenoxy) is 2. The van der Waals surface area contributed by atoms with E-state index in [-0.39, 0.29) is 36.0 Å². The molecule has 2 aromatic carbocycles. The molecule has 0 bridgehead atoms. The van der Waals surface area contributed by atoms with E-state index in [0.717, 1.165) is 0 Å². The number of hydrogen-bond acceptors (Lipinski definition) is 7. The molecule has 4 rings (SSSR count). The van der Waals surface area contributed by atoms with Crippen LogP contribution in [-0.2, 0) is 0 Å². The highest BCUT2D eigenvalue weighted by Gasteiger charge is 2.18. The van der Waals surface area contributed by atoms with Gasteiger partial charge >= 0.3 is 0 Å². The molecule has 4 aromatic rings. The molecule has 0 fully saturated rings. The van der Waals surface area contributed by atoms with Crippen molar-refractivity contribution >= 4 is 33.0 Å². The van der Waals surface area contributed by atoms with Gasteiger partial charge in [0.25, 0.3) is 0 Å². The number of nitrogens with zero attached hydrogens (tertiary/aromatic N) is 2. The minimum Gasteiger partial charge on any atom is -0.493 e. The van der Waals surface area contributed by atoms with E-state index >= 15 is 0 Å². The van der Waals surface area contributed by atoms with Gasteiger partial charge < -0.3 is 9.47 Å². The van der Waals surface area contributed by atoms with Crippen molar-refractivity contribution in [3.63, 3.8) is 0 Å². The fourth-order valence-corrected chi connectivity index (χ4v) is 4.16. The number of ketones is 2. The minimum absolute atomic E-state index is 0.0109. The minimum atomic E-state index is -0.335. The maximum atomic E-state index is 13.9. The van der Waals surface area contributed by atoms with Crippen LogP contribution in [0.1, 0.15) is 33.8 Å². The van der Waals surface area contributed by atoms with Crippen LogP contribution < -0.4 is 9.47 Å². The fourth-order valence-electron chi connectivity index (χ4n) is 3.20. The van der Waals surface area contributed by atoms with Crippen LogP contribution in [0.5, 0.6) is 11.5 Å². The van der Waals surface area contributed by atoms with Crippen LogP contribution in [0.2, 0.25) is 0 Å². The number of rotatable bonds is 8. The number of carbonyl (C=O) groups excluding carboxylic acids is 2. The maximum Gasteiger partial charge on any atom is 0.200 e. The Labute approximate surface area is 180 Å². The second-order valence-electron chi connectivity index (χ2n) is 6.69. The monoisotopic (exact) mass is 439 g/mol. The number of Topliss-reactive ketones (excluding diaryl/α,β-unsaturated/α-hetero) is 2. The van der Waals surface area contributed by atoms with E-state index in [4.69, 9.17) is 9.47 Å². The zero-order valence-corrected chi connectivity index (χ0v) is 17.6. The van der Waals surface area contributed by atoms with E-state index in [1.54, 1.807) is 35.7 Å². The van der Waals surface area contributed by atoms with Crippen molar-refractivity contribution in [2.24, 2.45) is 0 Å². The second-order valence-corrected chi connectivity index (χ2v) is 7.57. The molecule has 0 saturated carbocycles. The number of halogens is 1. The summed E-state index contributed by atoms with van der Waals surface area (Å²) in [6.45, 7) is 0. The number of fused-ring (bicyclic) bond motifs is 1. The molecule has 0 aliphatic rings. The van der Waals surface area contributed by atoms with Crippen LogP contribution in [-0.4, -0.2) is 41.0 Å². The number of thiophene rings is 1. The molecule has 158 valence electrons. The quantitative estimate of drug-likeness (QED) is 0.400. The van der Waals surface area contributed by atoms with Gasteiger partial charge in [0, 0.05) is 34.7 Å². The number of benzene rings is 2. The Bertz CT molecular complexity index is 1280. The first-order valence-corrected chi connectivity index (χ1v) is 10.3. The van der Waals surface area contributed by atoms with E-state index in [1.165, 1.54) is 31.6 Å². The number of aromatic amines is 1. The summed E-state index contributed by atoms with van der Waals surface area (Å²) in [5.41, 5.74) is 1.08. The van der Waals surface area contributed by atoms with Crippen LogP contribution in [0.25, 0.3) is 21.5 Å². The van der Waals surface area contributed by atoms with Gasteiger partial charge in [-0.3, -0.25) is 14.7 Å². The van der Waals surface area contributed by atoms with Crippen molar-refractivity contribution in [3.8, 4) is 22.9 Å². The normalized spacial score (nSPS) is 10.9. The Hall–Kier alpha value is -3.59. The Kier molecular flexibility index (Phi) is 5.77. The molecule has 2 aromatic heterocycles. The Balaban J connectivity index is 1.46. The molecule has 1 N–H and O–H groups in total. The van der Waals surface area contributed by atoms with Gasteiger partial charge in [0.2, 0.25) is 0 Å². The van der Waals surface area contributed by atoms with Crippen LogP contribution >= 0.6 is 11.3 Å². The number of carbonyl (C=O) groups is 2. The predicted molar refractivity (Wildman–Crippen MR) is 115 cm³/mol. The number of H-pyrrole nitrogens is 1. The summed E-state index contributed by atoms with van der Waals surface area (Å²) < 4.78 is 24.8. The molecule has 0 spiro atoms. The molecule has 0 amide bonds. The van der Waals surface area contributed by atoms with Crippen LogP contribution in [0.15, 0.2) is 41.8 Å². The lowest BCUT2D eigenvalue weighted by atomic mass is 10.0. The molecular weight excluding hydrogens is 421 g/mol. The van der Waals surface area contributed by atoms with Gasteiger partial charge in [0.1, 0.15) is 5.82 Å². The first-order chi connectivity index (χ1) is 15.0. The van der Waals surface area contributed by atoms with Crippen molar-refractivity contribution in [2.45, 2.75) is 12.8 Å². The Morgan fingerprint density at radius 3 is 2.61 bits per heavy atom. The van der Waals surface area contributed by atoms with Crippen molar-refractivity contribution in [2.75, 3.05) is 14.2 Å². The highest BCUT2D eigenvalue weighted by atomic mass is 32.1. The van der Waals surface area contributed by atoms with Gasteiger partial charge in [0.05, 0.1) is 18.9 Å². The van der Waals surface area contributed by atoms with Gasteiger partial charge in [-0.25, -0.2) is 9.37 Å². The average molecular weight is 439 g/mol. The standard InChI is InChI=1S/C22H18FN3O4S/c1-29-18-9-6-12(10-19(18)30-2)16(27)7-8-17(28)22-24-21(25-26-22)14-11-31-20-13(14)4-3-5-15(20)23/h3-6,9-11H,7-8H2,1-2H3,(H,24,25,26). The average Bonchev–Trinajstić information content (AvgIpc) is 3.44. The third-order valence-electron chi connectivity index (χ3n) is 4.83. The summed E-state index contributed by atoms with van der Waals surface area (Å²) in [5.74, 6) is 0.488. The maximum absolute atomic E-state index is 13.9. The van der Waals surface area contributed by atoms with Crippen LogP contribution in [0.3, 0.4) is 0 Å². The molecule has 0 aliphatic carbocycles. The zero-order valence-electron chi connectivity index (χ0n) is 16.8. The molecule has 0 atom stereocenters. The zero-order chi connectivity index (χ0) is 22.0. The van der Waals surface area contributed by atoms with Crippen LogP contribution in [0.4, 0.5) is 4.39 Å². The summed E-state index contributed by atoms with van der Waals surface area (Å²) in [7, 11) is 3.00. The first kappa shape index (κ1) is 20.7. The first-order valence-electron chi connectivity index (χ1n) is 9.38. The number of aromatic nitrogens is 3. The molecule has 0 radical (unpaired) electrons. The van der Waals surface area contributed by atoms with Gasteiger partial charge in [0.15, 0.2) is 34.7 Å².